The second-order valence-electron chi connectivity index (χ2n) is 25.4. The predicted octanol–water partition coefficient (Wildman–Crippen LogP) is -0.678. The second-order valence-corrected chi connectivity index (χ2v) is 25.4. The molecule has 0 spiro atoms. The summed E-state index contributed by atoms with van der Waals surface area (Å²) in [5.41, 5.74) is 0. The summed E-state index contributed by atoms with van der Waals surface area (Å²) in [5.74, 6) is -3.42. The van der Waals surface area contributed by atoms with Gasteiger partial charge in [-0.1, -0.05) is 0 Å². The van der Waals surface area contributed by atoms with Crippen molar-refractivity contribution in [1.29, 1.82) is 0 Å². The van der Waals surface area contributed by atoms with Gasteiger partial charge in [0.15, 0.2) is 0 Å². The molecule has 0 aliphatic carbocycles. The highest BCUT2D eigenvalue weighted by Gasteiger charge is 2.27. The van der Waals surface area contributed by atoms with Crippen molar-refractivity contribution in [3.8, 4) is 0 Å². The van der Waals surface area contributed by atoms with Crippen LogP contribution in [0.1, 0.15) is 57.8 Å². The number of unbranched alkanes of at least 4 members (excludes halogenated alkanes) is 1. The largest absolute Gasteiger partial charge is 0.382 e. The van der Waals surface area contributed by atoms with Gasteiger partial charge in [-0.2, -0.15) is 0 Å². The van der Waals surface area contributed by atoms with Gasteiger partial charge in [-0.25, -0.2) is 0 Å². The maximum absolute atomic E-state index is 12.4. The van der Waals surface area contributed by atoms with Gasteiger partial charge in [0.1, 0.15) is 42.6 Å². The van der Waals surface area contributed by atoms with Crippen LogP contribution in [0, 0.1) is 0 Å². The van der Waals surface area contributed by atoms with Crippen molar-refractivity contribution >= 4 is 64.7 Å². The fraction of sp³-hybridized carbons (Fsp3) is 0.779. The number of hydrogen-bond acceptors (Lipinski definition) is 33. The maximum Gasteiger partial charge on any atom is 0.253 e. The molecule has 4 unspecified atom stereocenters. The summed E-state index contributed by atoms with van der Waals surface area (Å²) in [6, 6.07) is 0. The highest BCUT2D eigenvalue weighted by Crippen LogP contribution is 2.11. The Balaban J connectivity index is 0.000000922. The number of nitrogens with one attached hydrogen (secondary N) is 2. The summed E-state index contributed by atoms with van der Waals surface area (Å²) in [5, 5.41) is 5.46. The van der Waals surface area contributed by atoms with Gasteiger partial charge in [-0.3, -0.25) is 67.4 Å². The molecule has 0 saturated carbocycles. The molecular formula is C77H132N6O33. The average molecular weight is 1670 g/mol. The van der Waals surface area contributed by atoms with Gasteiger partial charge < -0.3 is 120 Å². The molecule has 116 heavy (non-hydrogen) atoms. The van der Waals surface area contributed by atoms with E-state index in [9.17, 15) is 52.7 Å². The lowest BCUT2D eigenvalue weighted by atomic mass is 10.1. The van der Waals surface area contributed by atoms with Gasteiger partial charge in [0, 0.05) is 178 Å². The monoisotopic (exact) mass is 1670 g/mol. The first-order valence-corrected chi connectivity index (χ1v) is 39.0. The minimum atomic E-state index is -0.419. The van der Waals surface area contributed by atoms with E-state index in [1.165, 1.54) is 48.5 Å². The fourth-order valence-corrected chi connectivity index (χ4v) is 9.76. The molecule has 668 valence electrons. The van der Waals surface area contributed by atoms with Crippen LogP contribution in [0.5, 0.6) is 0 Å². The van der Waals surface area contributed by atoms with Gasteiger partial charge in [0.05, 0.1) is 198 Å². The van der Waals surface area contributed by atoms with Crippen LogP contribution in [-0.2, 0) is 157 Å². The van der Waals surface area contributed by atoms with Gasteiger partial charge in [0.25, 0.3) is 35.4 Å². The number of ether oxygens (including phenoxy) is 22. The SMILES string of the molecule is COCCOCC(COCCCCC(=O)CCN1C(=O)C=CC1=O)OCCOC.COCCOCC(COCCOCC(COCCCNC(=O)CCN1C(=O)C=CC1=O)OCCOCC(COCCOC)OCCOC)OCCOC.COCCOCCN(CC(=O)NCCCC(=O)CCN1C(=O)C=CC1=O)C(=O)COCCOC. The average Bonchev–Trinajstić information content (AvgIpc) is 1.75. The number of rotatable bonds is 79. The number of imide groups is 3. The maximum atomic E-state index is 12.4. The Morgan fingerprint density at radius 2 is 0.586 bits per heavy atom. The van der Waals surface area contributed by atoms with E-state index in [0.717, 1.165) is 21.1 Å². The third kappa shape index (κ3) is 59.2. The number of Topliss-reactive ketones (excluding diaryl/α,β-unsaturated/α-hetero) is 2. The molecule has 0 fully saturated rings. The van der Waals surface area contributed by atoms with Crippen molar-refractivity contribution in [2.75, 3.05) is 314 Å². The first kappa shape index (κ1) is 108. The predicted molar refractivity (Wildman–Crippen MR) is 414 cm³/mol. The van der Waals surface area contributed by atoms with Crippen LogP contribution in [-0.4, -0.2) is 423 Å². The summed E-state index contributed by atoms with van der Waals surface area (Å²) in [6.07, 6.45) is 9.37. The van der Waals surface area contributed by atoms with Crippen molar-refractivity contribution in [3.63, 3.8) is 0 Å². The molecule has 39 nitrogen and oxygen atoms in total. The number of methoxy groups -OCH3 is 8. The summed E-state index contributed by atoms with van der Waals surface area (Å²) in [7, 11) is 12.8. The standard InChI is InChI=1S/C35H64N2O16.C22H35N3O9.C20H33NO8/c1-41-12-16-46-25-31(51-21-14-43-3)28-49-19-18-48-27-30(53-23-20-50-29-32(52-22-15-44-4)26-47-17-13-42-2)24-45-11-5-9-36-33(38)8-10-37-34(39)6-7-35(37)40;1-31-12-14-33-11-10-24(22(30)17-34-15-13-32-2)16-19(27)23-8-3-4-18(26)7-9-25-20(28)5-6-21(25)29;1-25-11-13-28-16-18(29-14-12-26-2)15-27-10-4-3-5-17(22)8-9-21-19(23)6-7-20(21)24/h6-7,30-32H,5,8-29H2,1-4H3,(H,36,38);5-6H,3-4,7-17H2,1-2H3,(H,23,27);6-7,18H,3-5,8-16H2,1-2H3. The van der Waals surface area contributed by atoms with Crippen molar-refractivity contribution < 1.29 is 157 Å². The van der Waals surface area contributed by atoms with E-state index in [4.69, 9.17) is 104 Å². The van der Waals surface area contributed by atoms with Gasteiger partial charge in [0.2, 0.25) is 17.7 Å². The Kier molecular flexibility index (Phi) is 70.4. The topological polar surface area (TPSA) is 428 Å². The second kappa shape index (κ2) is 75.9. The van der Waals surface area contributed by atoms with E-state index in [1.54, 1.807) is 49.8 Å². The van der Waals surface area contributed by atoms with Crippen LogP contribution in [0.25, 0.3) is 0 Å². The van der Waals surface area contributed by atoms with Crippen LogP contribution >= 0.6 is 0 Å². The van der Waals surface area contributed by atoms with E-state index in [2.05, 4.69) is 10.6 Å². The minimum Gasteiger partial charge on any atom is -0.382 e. The van der Waals surface area contributed by atoms with Crippen LogP contribution in [0.15, 0.2) is 36.5 Å². The van der Waals surface area contributed by atoms with E-state index in [-0.39, 0.29) is 164 Å². The van der Waals surface area contributed by atoms with E-state index in [0.29, 0.717) is 211 Å². The van der Waals surface area contributed by atoms with Gasteiger partial charge in [-0.05, 0) is 25.7 Å². The fourth-order valence-electron chi connectivity index (χ4n) is 9.76. The third-order valence-corrected chi connectivity index (χ3v) is 16.1. The number of carbonyl (C=O) groups is 11. The van der Waals surface area contributed by atoms with Crippen LogP contribution < -0.4 is 10.6 Å². The molecular weight excluding hydrogens is 1540 g/mol. The molecule has 39 heteroatoms. The summed E-state index contributed by atoms with van der Waals surface area (Å²) in [4.78, 5) is 134. The lowest BCUT2D eigenvalue weighted by Gasteiger charge is -2.22. The van der Waals surface area contributed by atoms with Crippen molar-refractivity contribution in [2.24, 2.45) is 0 Å². The number of ketones is 2. The molecule has 3 aliphatic rings. The van der Waals surface area contributed by atoms with Gasteiger partial charge in [-0.15, -0.1) is 0 Å². The van der Waals surface area contributed by atoms with Crippen LogP contribution in [0.3, 0.4) is 0 Å². The molecule has 0 aromatic rings. The number of carbonyl (C=O) groups excluding carboxylic acids is 11. The molecule has 0 aromatic heterocycles. The van der Waals surface area contributed by atoms with Crippen LogP contribution in [0.2, 0.25) is 0 Å². The van der Waals surface area contributed by atoms with Crippen molar-refractivity contribution in [3.05, 3.63) is 36.5 Å². The molecule has 0 saturated heterocycles. The zero-order chi connectivity index (χ0) is 85.1. The quantitative estimate of drug-likeness (QED) is 0.0563. The zero-order valence-electron chi connectivity index (χ0n) is 69.5. The lowest BCUT2D eigenvalue weighted by molar-refractivity contribution is -0.141. The molecule has 2 N–H and O–H groups in total. The zero-order valence-corrected chi connectivity index (χ0v) is 69.5. The number of amides is 9. The Bertz CT molecular complexity index is 2660. The normalized spacial score (nSPS) is 14.2. The van der Waals surface area contributed by atoms with Gasteiger partial charge >= 0.3 is 0 Å². The summed E-state index contributed by atoms with van der Waals surface area (Å²) < 4.78 is 119. The van der Waals surface area contributed by atoms with E-state index < -0.39 is 23.6 Å². The molecule has 3 aliphatic heterocycles. The highest BCUT2D eigenvalue weighted by molar-refractivity contribution is 6.14. The Labute approximate surface area is 682 Å². The molecule has 9 amide bonds. The minimum absolute atomic E-state index is 0.0313. The Morgan fingerprint density at radius 3 is 0.966 bits per heavy atom. The molecule has 0 radical (unpaired) electrons. The number of hydrogen-bond donors (Lipinski definition) is 2. The first-order valence-electron chi connectivity index (χ1n) is 39.0. The molecule has 0 aromatic carbocycles. The Hall–Kier alpha value is -6.49. The summed E-state index contributed by atoms with van der Waals surface area (Å²) in [6.45, 7) is 12.9. The summed E-state index contributed by atoms with van der Waals surface area (Å²) >= 11 is 0. The van der Waals surface area contributed by atoms with E-state index in [1.807, 2.05) is 0 Å². The molecule has 3 rings (SSSR count). The Morgan fingerprint density at radius 1 is 0.302 bits per heavy atom. The molecule has 3 heterocycles. The third-order valence-electron chi connectivity index (χ3n) is 16.1. The highest BCUT2D eigenvalue weighted by atomic mass is 16.6. The molecule has 4 atom stereocenters. The number of nitrogens with zero attached hydrogens (tertiary/aromatic N) is 4. The first-order chi connectivity index (χ1) is 56.4. The van der Waals surface area contributed by atoms with Crippen LogP contribution in [0.4, 0.5) is 0 Å². The smallest absolute Gasteiger partial charge is 0.253 e. The van der Waals surface area contributed by atoms with Crippen molar-refractivity contribution in [1.82, 2.24) is 30.2 Å². The van der Waals surface area contributed by atoms with Crippen molar-refractivity contribution in [2.45, 2.75) is 82.2 Å². The lowest BCUT2D eigenvalue weighted by Crippen LogP contribution is -2.44. The molecule has 0 bridgehead atoms. The van der Waals surface area contributed by atoms with E-state index >= 15 is 0 Å².